The van der Waals surface area contributed by atoms with Crippen LogP contribution in [0.1, 0.15) is 6.92 Å². The Morgan fingerprint density at radius 1 is 1.06 bits per heavy atom. The van der Waals surface area contributed by atoms with Crippen LogP contribution in [0.2, 0.25) is 0 Å². The van der Waals surface area contributed by atoms with Crippen molar-refractivity contribution in [2.24, 2.45) is 0 Å². The second kappa shape index (κ2) is 8.67. The minimum atomic E-state index is -0.162. The summed E-state index contributed by atoms with van der Waals surface area (Å²) in [7, 11) is 0. The summed E-state index contributed by atoms with van der Waals surface area (Å²) < 4.78 is 9.09. The van der Waals surface area contributed by atoms with Gasteiger partial charge < -0.3 is 10.1 Å². The molecule has 0 bridgehead atoms. The number of aromatic nitrogens is 6. The van der Waals surface area contributed by atoms with E-state index in [1.54, 1.807) is 21.6 Å². The van der Waals surface area contributed by atoms with Crippen molar-refractivity contribution in [1.82, 2.24) is 29.4 Å². The Morgan fingerprint density at radius 3 is 2.72 bits per heavy atom. The topological polar surface area (TPSA) is 99.2 Å². The highest BCUT2D eigenvalue weighted by atomic mass is 32.2. The Kier molecular flexibility index (Phi) is 5.42. The number of anilines is 1. The number of thioether (sulfide) groups is 1. The summed E-state index contributed by atoms with van der Waals surface area (Å²) in [6.07, 6.45) is 3.38. The molecule has 5 aromatic rings. The SMILES string of the molecule is CCOc1ccccc1NC(=O)CSc1nnc2c3cnn(-c4ccccc4)c3ncn12. The zero-order valence-electron chi connectivity index (χ0n) is 17.2. The van der Waals surface area contributed by atoms with Gasteiger partial charge >= 0.3 is 0 Å². The second-order valence-electron chi connectivity index (χ2n) is 6.82. The van der Waals surface area contributed by atoms with Crippen molar-refractivity contribution in [3.63, 3.8) is 0 Å². The van der Waals surface area contributed by atoms with E-state index in [4.69, 9.17) is 4.74 Å². The highest BCUT2D eigenvalue weighted by molar-refractivity contribution is 7.99. The molecule has 1 N–H and O–H groups in total. The first-order valence-corrected chi connectivity index (χ1v) is 11.0. The van der Waals surface area contributed by atoms with Crippen LogP contribution in [0.4, 0.5) is 5.69 Å². The largest absolute Gasteiger partial charge is 0.492 e. The average Bonchev–Trinajstić information content (AvgIpc) is 3.44. The highest BCUT2D eigenvalue weighted by Gasteiger charge is 2.16. The van der Waals surface area contributed by atoms with Gasteiger partial charge in [0.05, 0.1) is 35.3 Å². The zero-order chi connectivity index (χ0) is 21.9. The normalized spacial score (nSPS) is 11.2. The number of ether oxygens (including phenoxy) is 1. The molecule has 0 radical (unpaired) electrons. The first kappa shape index (κ1) is 20.0. The van der Waals surface area contributed by atoms with Gasteiger partial charge in [0.15, 0.2) is 16.5 Å². The fourth-order valence-corrected chi connectivity index (χ4v) is 4.03. The number of fused-ring (bicyclic) bond motifs is 3. The Morgan fingerprint density at radius 2 is 1.88 bits per heavy atom. The van der Waals surface area contributed by atoms with Crippen molar-refractivity contribution in [3.05, 3.63) is 67.1 Å². The molecule has 9 nitrogen and oxygen atoms in total. The van der Waals surface area contributed by atoms with Crippen LogP contribution in [0, 0.1) is 0 Å². The number of hydrogen-bond donors (Lipinski definition) is 1. The molecule has 160 valence electrons. The van der Waals surface area contributed by atoms with Crippen LogP contribution in [-0.4, -0.2) is 47.6 Å². The Hall–Kier alpha value is -3.92. The fraction of sp³-hybridized carbons (Fsp3) is 0.136. The number of nitrogens with one attached hydrogen (secondary N) is 1. The molecule has 1 amide bonds. The maximum absolute atomic E-state index is 12.5. The molecule has 3 heterocycles. The van der Waals surface area contributed by atoms with E-state index < -0.39 is 0 Å². The summed E-state index contributed by atoms with van der Waals surface area (Å²) in [5.41, 5.74) is 2.89. The van der Waals surface area contributed by atoms with Crippen molar-refractivity contribution in [2.75, 3.05) is 17.7 Å². The van der Waals surface area contributed by atoms with Gasteiger partial charge in [0.2, 0.25) is 5.91 Å². The summed E-state index contributed by atoms with van der Waals surface area (Å²) >= 11 is 1.28. The molecule has 0 spiro atoms. The standard InChI is InChI=1S/C22H19N7O2S/c1-2-31-18-11-7-6-10-17(18)25-19(30)13-32-22-27-26-21-16-12-24-29(15-8-4-3-5-9-15)20(16)23-14-28(21)22/h3-12,14H,2,13H2,1H3,(H,25,30). The summed E-state index contributed by atoms with van der Waals surface area (Å²) in [5, 5.41) is 17.3. The van der Waals surface area contributed by atoms with Crippen LogP contribution >= 0.6 is 11.8 Å². The summed E-state index contributed by atoms with van der Waals surface area (Å²) in [5.74, 6) is 0.649. The Balaban J connectivity index is 1.35. The molecule has 0 saturated carbocycles. The zero-order valence-corrected chi connectivity index (χ0v) is 18.0. The number of carbonyl (C=O) groups excluding carboxylic acids is 1. The van der Waals surface area contributed by atoms with E-state index in [0.717, 1.165) is 11.1 Å². The first-order chi connectivity index (χ1) is 15.7. The molecule has 32 heavy (non-hydrogen) atoms. The van der Waals surface area contributed by atoms with Gasteiger partial charge in [-0.1, -0.05) is 42.1 Å². The lowest BCUT2D eigenvalue weighted by Crippen LogP contribution is -2.15. The van der Waals surface area contributed by atoms with E-state index in [1.165, 1.54) is 11.8 Å². The molecule has 5 rings (SSSR count). The van der Waals surface area contributed by atoms with Gasteiger partial charge in [0.1, 0.15) is 12.1 Å². The van der Waals surface area contributed by atoms with Crippen LogP contribution in [0.5, 0.6) is 5.75 Å². The molecule has 0 fully saturated rings. The highest BCUT2D eigenvalue weighted by Crippen LogP contribution is 2.26. The Labute approximate surface area is 187 Å². The van der Waals surface area contributed by atoms with Gasteiger partial charge in [-0.25, -0.2) is 9.67 Å². The summed E-state index contributed by atoms with van der Waals surface area (Å²) in [4.78, 5) is 17.1. The number of carbonyl (C=O) groups is 1. The van der Waals surface area contributed by atoms with Gasteiger partial charge in [-0.2, -0.15) is 5.10 Å². The van der Waals surface area contributed by atoms with Crippen molar-refractivity contribution in [1.29, 1.82) is 0 Å². The van der Waals surface area contributed by atoms with E-state index in [2.05, 4.69) is 25.6 Å². The second-order valence-corrected chi connectivity index (χ2v) is 7.76. The molecule has 3 aromatic heterocycles. The molecule has 0 aliphatic rings. The van der Waals surface area contributed by atoms with Crippen LogP contribution in [0.15, 0.2) is 72.3 Å². The summed E-state index contributed by atoms with van der Waals surface area (Å²) in [6, 6.07) is 17.1. The van der Waals surface area contributed by atoms with E-state index in [9.17, 15) is 4.79 Å². The molecule has 0 saturated heterocycles. The lowest BCUT2D eigenvalue weighted by atomic mass is 10.3. The third-order valence-electron chi connectivity index (χ3n) is 4.74. The van der Waals surface area contributed by atoms with Gasteiger partial charge in [-0.05, 0) is 31.2 Å². The van der Waals surface area contributed by atoms with Gasteiger partial charge in [0.25, 0.3) is 0 Å². The lowest BCUT2D eigenvalue weighted by Gasteiger charge is -2.10. The van der Waals surface area contributed by atoms with Crippen molar-refractivity contribution in [2.45, 2.75) is 12.1 Å². The molecule has 0 unspecified atom stereocenters. The maximum atomic E-state index is 12.5. The maximum Gasteiger partial charge on any atom is 0.234 e. The van der Waals surface area contributed by atoms with E-state index in [-0.39, 0.29) is 11.7 Å². The molecule has 0 aliphatic heterocycles. The lowest BCUT2D eigenvalue weighted by molar-refractivity contribution is -0.113. The molecular weight excluding hydrogens is 426 g/mol. The number of benzene rings is 2. The van der Waals surface area contributed by atoms with Gasteiger partial charge in [0, 0.05) is 0 Å². The van der Waals surface area contributed by atoms with Crippen LogP contribution < -0.4 is 10.1 Å². The molecular formula is C22H19N7O2S. The molecule has 0 atom stereocenters. The molecule has 0 aliphatic carbocycles. The smallest absolute Gasteiger partial charge is 0.234 e. The quantitative estimate of drug-likeness (QED) is 0.382. The van der Waals surface area contributed by atoms with Crippen molar-refractivity contribution in [3.8, 4) is 11.4 Å². The number of amides is 1. The number of rotatable bonds is 7. The minimum absolute atomic E-state index is 0.162. The molecule has 10 heteroatoms. The number of nitrogens with zero attached hydrogens (tertiary/aromatic N) is 6. The first-order valence-electron chi connectivity index (χ1n) is 10.0. The van der Waals surface area contributed by atoms with Gasteiger partial charge in [-0.3, -0.25) is 9.20 Å². The van der Waals surface area contributed by atoms with E-state index >= 15 is 0 Å². The average molecular weight is 446 g/mol. The minimum Gasteiger partial charge on any atom is -0.492 e. The van der Waals surface area contributed by atoms with Crippen LogP contribution in [0.3, 0.4) is 0 Å². The van der Waals surface area contributed by atoms with E-state index in [1.807, 2.05) is 61.5 Å². The fourth-order valence-electron chi connectivity index (χ4n) is 3.33. The van der Waals surface area contributed by atoms with Crippen molar-refractivity contribution < 1.29 is 9.53 Å². The Bertz CT molecular complexity index is 1400. The molecule has 2 aromatic carbocycles. The number of hydrogen-bond acceptors (Lipinski definition) is 7. The third-order valence-corrected chi connectivity index (χ3v) is 5.68. The van der Waals surface area contributed by atoms with Crippen molar-refractivity contribution >= 4 is 40.0 Å². The van der Waals surface area contributed by atoms with Gasteiger partial charge in [-0.15, -0.1) is 10.2 Å². The van der Waals surface area contributed by atoms with Crippen LogP contribution in [0.25, 0.3) is 22.4 Å². The number of para-hydroxylation sites is 3. The monoisotopic (exact) mass is 445 g/mol. The third kappa shape index (κ3) is 3.76. The predicted molar refractivity (Wildman–Crippen MR) is 122 cm³/mol. The van der Waals surface area contributed by atoms with Crippen LogP contribution in [-0.2, 0) is 4.79 Å². The predicted octanol–water partition coefficient (Wildman–Crippen LogP) is 3.59. The van der Waals surface area contributed by atoms with E-state index in [0.29, 0.717) is 34.5 Å². The summed E-state index contributed by atoms with van der Waals surface area (Å²) in [6.45, 7) is 2.43.